The fraction of sp³-hybridized carbons (Fsp3) is 0. The van der Waals surface area contributed by atoms with Crippen LogP contribution >= 0.6 is 0 Å². The molecule has 1 aromatic carbocycles. The normalized spacial score (nSPS) is 10.8. The number of rotatable bonds is 2. The second-order valence-electron chi connectivity index (χ2n) is 4.37. The molecule has 0 fully saturated rings. The van der Waals surface area contributed by atoms with Gasteiger partial charge in [-0.3, -0.25) is 4.98 Å². The minimum Gasteiger partial charge on any atom is -0.396 e. The molecule has 0 saturated heterocycles. The van der Waals surface area contributed by atoms with E-state index in [0.717, 1.165) is 18.3 Å². The van der Waals surface area contributed by atoms with Crippen molar-refractivity contribution in [2.75, 3.05) is 5.73 Å². The third-order valence-electron chi connectivity index (χ3n) is 2.88. The minimum absolute atomic E-state index is 0.0405. The fourth-order valence-corrected chi connectivity index (χ4v) is 1.94. The Bertz CT molecular complexity index is 814. The average molecular weight is 290 g/mol. The number of anilines is 1. The Kier molecular flexibility index (Phi) is 3.09. The molecule has 0 amide bonds. The average Bonchev–Trinajstić information content (AvgIpc) is 2.80. The second kappa shape index (κ2) is 4.93. The molecule has 4 nitrogen and oxygen atoms in total. The first-order chi connectivity index (χ1) is 10.0. The zero-order valence-corrected chi connectivity index (χ0v) is 10.6. The second-order valence-corrected chi connectivity index (χ2v) is 4.37. The summed E-state index contributed by atoms with van der Waals surface area (Å²) in [5, 5.41) is 4.10. The Labute approximate surface area is 117 Å². The summed E-state index contributed by atoms with van der Waals surface area (Å²) in [6, 6.07) is 4.32. The monoisotopic (exact) mass is 290 g/mol. The van der Waals surface area contributed by atoms with Crippen molar-refractivity contribution in [2.24, 2.45) is 0 Å². The maximum atomic E-state index is 13.7. The lowest BCUT2D eigenvalue weighted by atomic mass is 10.2. The predicted octanol–water partition coefficient (Wildman–Crippen LogP) is 2.93. The van der Waals surface area contributed by atoms with Crippen LogP contribution in [0.2, 0.25) is 0 Å². The number of nitrogen functional groups attached to an aromatic ring is 1. The molecule has 21 heavy (non-hydrogen) atoms. The molecule has 0 bridgehead atoms. The predicted molar refractivity (Wildman–Crippen MR) is 71.1 cm³/mol. The van der Waals surface area contributed by atoms with E-state index in [1.54, 1.807) is 0 Å². The van der Waals surface area contributed by atoms with Crippen LogP contribution in [0.1, 0.15) is 0 Å². The van der Waals surface area contributed by atoms with E-state index >= 15 is 0 Å². The van der Waals surface area contributed by atoms with Crippen molar-refractivity contribution in [3.8, 4) is 16.9 Å². The van der Waals surface area contributed by atoms with Crippen LogP contribution < -0.4 is 5.73 Å². The highest BCUT2D eigenvalue weighted by Gasteiger charge is 2.13. The van der Waals surface area contributed by atoms with Gasteiger partial charge < -0.3 is 5.73 Å². The lowest BCUT2D eigenvalue weighted by Gasteiger charge is -2.02. The smallest absolute Gasteiger partial charge is 0.151 e. The first-order valence-electron chi connectivity index (χ1n) is 5.96. The van der Waals surface area contributed by atoms with E-state index in [9.17, 15) is 13.2 Å². The van der Waals surface area contributed by atoms with Crippen molar-refractivity contribution in [3.63, 3.8) is 0 Å². The SMILES string of the molecule is Nc1cn(-c2ccc(F)cc2F)nc1-c1cncc(F)c1. The van der Waals surface area contributed by atoms with E-state index in [-0.39, 0.29) is 17.1 Å². The van der Waals surface area contributed by atoms with Crippen molar-refractivity contribution >= 4 is 5.69 Å². The molecule has 7 heteroatoms. The van der Waals surface area contributed by atoms with Crippen LogP contribution in [0.4, 0.5) is 18.9 Å². The Balaban J connectivity index is 2.09. The molecule has 0 aliphatic heterocycles. The summed E-state index contributed by atoms with van der Waals surface area (Å²) in [6.07, 6.45) is 3.82. The Morgan fingerprint density at radius 2 is 1.81 bits per heavy atom. The molecule has 106 valence electrons. The molecule has 0 unspecified atom stereocenters. The quantitative estimate of drug-likeness (QED) is 0.789. The molecular formula is C14H9F3N4. The number of pyridine rings is 1. The van der Waals surface area contributed by atoms with Gasteiger partial charge in [0.1, 0.15) is 23.0 Å². The Hall–Kier alpha value is -2.83. The van der Waals surface area contributed by atoms with Gasteiger partial charge in [0.15, 0.2) is 5.82 Å². The van der Waals surface area contributed by atoms with Gasteiger partial charge >= 0.3 is 0 Å². The lowest BCUT2D eigenvalue weighted by molar-refractivity contribution is 0.574. The number of nitrogens with two attached hydrogens (primary N) is 1. The summed E-state index contributed by atoms with van der Waals surface area (Å²) < 4.78 is 41.0. The van der Waals surface area contributed by atoms with Gasteiger partial charge in [-0.05, 0) is 18.2 Å². The van der Waals surface area contributed by atoms with Crippen molar-refractivity contribution < 1.29 is 13.2 Å². The van der Waals surface area contributed by atoms with E-state index in [2.05, 4.69) is 10.1 Å². The molecule has 2 N–H and O–H groups in total. The van der Waals surface area contributed by atoms with Gasteiger partial charge in [0.05, 0.1) is 18.1 Å². The maximum Gasteiger partial charge on any atom is 0.151 e. The molecule has 0 radical (unpaired) electrons. The lowest BCUT2D eigenvalue weighted by Crippen LogP contribution is -1.99. The third-order valence-corrected chi connectivity index (χ3v) is 2.88. The van der Waals surface area contributed by atoms with Crippen molar-refractivity contribution in [1.29, 1.82) is 0 Å². The first kappa shape index (κ1) is 13.2. The van der Waals surface area contributed by atoms with Gasteiger partial charge in [0, 0.05) is 17.8 Å². The van der Waals surface area contributed by atoms with Gasteiger partial charge in [-0.25, -0.2) is 17.9 Å². The highest BCUT2D eigenvalue weighted by Crippen LogP contribution is 2.26. The Morgan fingerprint density at radius 1 is 1.00 bits per heavy atom. The highest BCUT2D eigenvalue weighted by atomic mass is 19.1. The van der Waals surface area contributed by atoms with Gasteiger partial charge in [-0.15, -0.1) is 0 Å². The first-order valence-corrected chi connectivity index (χ1v) is 5.96. The van der Waals surface area contributed by atoms with E-state index in [0.29, 0.717) is 5.56 Å². The standard InChI is InChI=1S/C14H9F3N4/c15-9-1-2-13(11(17)4-9)21-7-12(18)14(20-21)8-3-10(16)6-19-5-8/h1-7H,18H2. The van der Waals surface area contributed by atoms with E-state index < -0.39 is 17.5 Å². The largest absolute Gasteiger partial charge is 0.396 e. The summed E-state index contributed by atoms with van der Waals surface area (Å²) in [4.78, 5) is 3.71. The summed E-state index contributed by atoms with van der Waals surface area (Å²) in [5.74, 6) is -2.00. The van der Waals surface area contributed by atoms with Gasteiger partial charge in [-0.2, -0.15) is 5.10 Å². The zero-order valence-electron chi connectivity index (χ0n) is 10.6. The highest BCUT2D eigenvalue weighted by molar-refractivity contribution is 5.71. The summed E-state index contributed by atoms with van der Waals surface area (Å²) >= 11 is 0. The number of aromatic nitrogens is 3. The van der Waals surface area contributed by atoms with Crippen LogP contribution in [-0.2, 0) is 0 Å². The van der Waals surface area contributed by atoms with Gasteiger partial charge in [0.2, 0.25) is 0 Å². The van der Waals surface area contributed by atoms with Crippen LogP contribution in [0.25, 0.3) is 16.9 Å². The number of hydrogen-bond donors (Lipinski definition) is 1. The topological polar surface area (TPSA) is 56.7 Å². The maximum absolute atomic E-state index is 13.7. The number of benzene rings is 1. The van der Waals surface area contributed by atoms with Crippen LogP contribution in [0.5, 0.6) is 0 Å². The van der Waals surface area contributed by atoms with Crippen LogP contribution in [0.3, 0.4) is 0 Å². The summed E-state index contributed by atoms with van der Waals surface area (Å²) in [7, 11) is 0. The van der Waals surface area contributed by atoms with Gasteiger partial charge in [0.25, 0.3) is 0 Å². The summed E-state index contributed by atoms with van der Waals surface area (Å²) in [6.45, 7) is 0. The molecule has 0 atom stereocenters. The fourth-order valence-electron chi connectivity index (χ4n) is 1.94. The molecule has 3 aromatic rings. The van der Waals surface area contributed by atoms with Crippen molar-refractivity contribution in [3.05, 3.63) is 60.3 Å². The third kappa shape index (κ3) is 2.45. The molecule has 3 rings (SSSR count). The van der Waals surface area contributed by atoms with E-state index in [1.807, 2.05) is 0 Å². The molecule has 0 spiro atoms. The van der Waals surface area contributed by atoms with Crippen LogP contribution in [0.15, 0.2) is 42.9 Å². The molecule has 0 aliphatic rings. The molecule has 0 saturated carbocycles. The Morgan fingerprint density at radius 3 is 2.52 bits per heavy atom. The molecular weight excluding hydrogens is 281 g/mol. The molecule has 2 heterocycles. The number of halogens is 3. The number of hydrogen-bond acceptors (Lipinski definition) is 3. The number of nitrogens with zero attached hydrogens (tertiary/aromatic N) is 3. The van der Waals surface area contributed by atoms with E-state index in [4.69, 9.17) is 5.73 Å². The van der Waals surface area contributed by atoms with Crippen molar-refractivity contribution in [2.45, 2.75) is 0 Å². The van der Waals surface area contributed by atoms with Crippen molar-refractivity contribution in [1.82, 2.24) is 14.8 Å². The zero-order chi connectivity index (χ0) is 15.0. The van der Waals surface area contributed by atoms with E-state index in [1.165, 1.54) is 29.2 Å². The van der Waals surface area contributed by atoms with Crippen LogP contribution in [0, 0.1) is 17.5 Å². The summed E-state index contributed by atoms with van der Waals surface area (Å²) in [5.41, 5.74) is 6.72. The molecule has 0 aliphatic carbocycles. The molecule has 2 aromatic heterocycles. The van der Waals surface area contributed by atoms with Crippen LogP contribution in [-0.4, -0.2) is 14.8 Å². The minimum atomic E-state index is -0.776. The van der Waals surface area contributed by atoms with Gasteiger partial charge in [-0.1, -0.05) is 0 Å².